The zero-order valence-electron chi connectivity index (χ0n) is 23.4. The van der Waals surface area contributed by atoms with E-state index < -0.39 is 28.9 Å². The molecule has 2 aromatic heterocycles. The van der Waals surface area contributed by atoms with E-state index >= 15 is 4.39 Å². The van der Waals surface area contributed by atoms with Gasteiger partial charge in [-0.2, -0.15) is 5.10 Å². The maximum atomic E-state index is 15.2. The number of benzene rings is 2. The minimum Gasteiger partial charge on any atom is -0.453 e. The maximum Gasteiger partial charge on any atom is 0.240 e. The van der Waals surface area contributed by atoms with Gasteiger partial charge in [0.25, 0.3) is 0 Å². The normalized spacial score (nSPS) is 16.6. The van der Waals surface area contributed by atoms with Crippen LogP contribution in [0.2, 0.25) is 0 Å². The van der Waals surface area contributed by atoms with Gasteiger partial charge >= 0.3 is 0 Å². The van der Waals surface area contributed by atoms with E-state index in [0.717, 1.165) is 44.2 Å². The highest BCUT2D eigenvalue weighted by atomic mass is 19.1. The summed E-state index contributed by atoms with van der Waals surface area (Å²) in [6, 6.07) is 11.0. The lowest BCUT2D eigenvalue weighted by Gasteiger charge is -2.30. The number of hydrogen-bond acceptors (Lipinski definition) is 7. The predicted octanol–water partition coefficient (Wildman–Crippen LogP) is 4.63. The summed E-state index contributed by atoms with van der Waals surface area (Å²) in [5.41, 5.74) is 0.593. The van der Waals surface area contributed by atoms with Crippen LogP contribution >= 0.6 is 0 Å². The van der Waals surface area contributed by atoms with E-state index in [2.05, 4.69) is 30.7 Å². The van der Waals surface area contributed by atoms with Crippen LogP contribution in [-0.4, -0.2) is 63.2 Å². The lowest BCUT2D eigenvalue weighted by molar-refractivity contribution is -0.131. The van der Waals surface area contributed by atoms with Crippen molar-refractivity contribution >= 4 is 34.2 Å². The van der Waals surface area contributed by atoms with Crippen molar-refractivity contribution in [1.29, 1.82) is 0 Å². The minimum atomic E-state index is -1.27. The first-order chi connectivity index (χ1) is 20.8. The molecule has 0 bridgehead atoms. The predicted molar refractivity (Wildman–Crippen MR) is 156 cm³/mol. The third-order valence-electron chi connectivity index (χ3n) is 8.26. The molecular formula is C31H32F2N6O4. The first kappa shape index (κ1) is 28.7. The third kappa shape index (κ3) is 6.20. The van der Waals surface area contributed by atoms with Crippen LogP contribution in [0.5, 0.6) is 11.5 Å². The Kier molecular flexibility index (Phi) is 8.04. The number of H-pyrrole nitrogens is 1. The molecule has 224 valence electrons. The van der Waals surface area contributed by atoms with Crippen LogP contribution in [0.3, 0.4) is 0 Å². The molecular weight excluding hydrogens is 558 g/mol. The summed E-state index contributed by atoms with van der Waals surface area (Å²) < 4.78 is 34.4. The first-order valence-corrected chi connectivity index (χ1v) is 14.4. The number of anilines is 2. The van der Waals surface area contributed by atoms with Crippen molar-refractivity contribution in [3.8, 4) is 11.5 Å². The number of fused-ring (bicyclic) bond motifs is 1. The summed E-state index contributed by atoms with van der Waals surface area (Å²) in [5.74, 6) is -1.44. The number of halogens is 2. The van der Waals surface area contributed by atoms with Crippen molar-refractivity contribution in [2.75, 3.05) is 36.9 Å². The molecule has 2 aromatic carbocycles. The van der Waals surface area contributed by atoms with Crippen LogP contribution in [0.4, 0.5) is 20.2 Å². The van der Waals surface area contributed by atoms with Crippen LogP contribution < -0.4 is 15.4 Å². The van der Waals surface area contributed by atoms with E-state index in [9.17, 15) is 19.1 Å². The van der Waals surface area contributed by atoms with Crippen molar-refractivity contribution in [2.24, 2.45) is 11.3 Å². The number of pyridine rings is 1. The topological polar surface area (TPSA) is 132 Å². The van der Waals surface area contributed by atoms with Crippen molar-refractivity contribution in [2.45, 2.75) is 32.1 Å². The number of amides is 2. The Morgan fingerprint density at radius 2 is 1.70 bits per heavy atom. The van der Waals surface area contributed by atoms with Gasteiger partial charge in [0.1, 0.15) is 17.0 Å². The first-order valence-electron chi connectivity index (χ1n) is 14.4. The van der Waals surface area contributed by atoms with Crippen molar-refractivity contribution in [1.82, 2.24) is 20.1 Å². The number of hydrogen-bond donors (Lipinski definition) is 4. The van der Waals surface area contributed by atoms with Gasteiger partial charge in [-0.15, -0.1) is 0 Å². The van der Waals surface area contributed by atoms with Gasteiger partial charge in [0.2, 0.25) is 11.8 Å². The monoisotopic (exact) mass is 590 g/mol. The van der Waals surface area contributed by atoms with E-state index in [1.165, 1.54) is 36.4 Å². The fraction of sp³-hybridized carbons (Fsp3) is 0.355. The van der Waals surface area contributed by atoms with Crippen LogP contribution in [0.15, 0.2) is 54.7 Å². The van der Waals surface area contributed by atoms with E-state index in [1.807, 2.05) is 0 Å². The van der Waals surface area contributed by atoms with Crippen LogP contribution in [0, 0.1) is 23.0 Å². The number of aromatic nitrogens is 3. The Labute approximate surface area is 246 Å². The molecule has 1 saturated carbocycles. The molecule has 6 rings (SSSR count). The molecule has 1 aliphatic carbocycles. The molecule has 12 heteroatoms. The Bertz CT molecular complexity index is 1630. The van der Waals surface area contributed by atoms with Crippen molar-refractivity contribution in [3.63, 3.8) is 0 Å². The lowest BCUT2D eigenvalue weighted by Crippen LogP contribution is -2.36. The number of rotatable bonds is 10. The van der Waals surface area contributed by atoms with Gasteiger partial charge in [0.15, 0.2) is 17.2 Å². The van der Waals surface area contributed by atoms with Crippen molar-refractivity contribution < 1.29 is 28.2 Å². The largest absolute Gasteiger partial charge is 0.453 e. The molecule has 4 N–H and O–H groups in total. The molecule has 10 nitrogen and oxygen atoms in total. The molecule has 2 fully saturated rings. The molecule has 0 atom stereocenters. The standard InChI is InChI=1S/C31H32F2N6O4/c32-20-1-3-21(4-2-20)35-29(41)31(11-12-31)30(42)36-22-5-6-25(23(33)17-22)43-26-7-13-34-28-27(26)24(37-38-28)10-16-39-14-8-19(18-40)9-15-39/h1-7,13,17,19,40H,8-12,14-16,18H2,(H,35,41)(H,36,42)(H,34,37,38). The van der Waals surface area contributed by atoms with Gasteiger partial charge in [-0.1, -0.05) is 0 Å². The molecule has 2 aliphatic rings. The Morgan fingerprint density at radius 3 is 2.37 bits per heavy atom. The van der Waals surface area contributed by atoms with Gasteiger partial charge in [0.05, 0.1) is 11.1 Å². The smallest absolute Gasteiger partial charge is 0.240 e. The molecule has 0 spiro atoms. The van der Waals surface area contributed by atoms with Gasteiger partial charge in [-0.25, -0.2) is 13.8 Å². The summed E-state index contributed by atoms with van der Waals surface area (Å²) >= 11 is 0. The van der Waals surface area contributed by atoms with Crippen LogP contribution in [0.25, 0.3) is 11.0 Å². The highest BCUT2D eigenvalue weighted by molar-refractivity contribution is 6.16. The Balaban J connectivity index is 1.11. The minimum absolute atomic E-state index is 0.0427. The fourth-order valence-corrected chi connectivity index (χ4v) is 5.40. The lowest BCUT2D eigenvalue weighted by atomic mass is 9.98. The van der Waals surface area contributed by atoms with Gasteiger partial charge in [-0.05, 0) is 87.2 Å². The summed E-state index contributed by atoms with van der Waals surface area (Å²) in [7, 11) is 0. The number of piperidine rings is 1. The number of aromatic amines is 1. The van der Waals surface area contributed by atoms with E-state index in [0.29, 0.717) is 47.7 Å². The second-order valence-corrected chi connectivity index (χ2v) is 11.2. The average molecular weight is 591 g/mol. The van der Waals surface area contributed by atoms with Crippen LogP contribution in [0.1, 0.15) is 31.4 Å². The molecule has 1 aliphatic heterocycles. The number of nitrogens with one attached hydrogen (secondary N) is 3. The third-order valence-corrected chi connectivity index (χ3v) is 8.26. The molecule has 1 saturated heterocycles. The van der Waals surface area contributed by atoms with Crippen molar-refractivity contribution in [3.05, 3.63) is 72.1 Å². The number of aliphatic hydroxyl groups excluding tert-OH is 1. The Hall–Kier alpha value is -4.42. The molecule has 3 heterocycles. The zero-order valence-corrected chi connectivity index (χ0v) is 23.4. The van der Waals surface area contributed by atoms with E-state index in [-0.39, 0.29) is 18.0 Å². The van der Waals surface area contributed by atoms with E-state index in [4.69, 9.17) is 4.74 Å². The highest BCUT2D eigenvalue weighted by Crippen LogP contribution is 2.47. The number of ether oxygens (including phenoxy) is 1. The summed E-state index contributed by atoms with van der Waals surface area (Å²) in [6.07, 6.45) is 4.83. The zero-order chi connectivity index (χ0) is 30.0. The second-order valence-electron chi connectivity index (χ2n) is 11.2. The van der Waals surface area contributed by atoms with Gasteiger partial charge in [-0.3, -0.25) is 14.7 Å². The number of carbonyl (C=O) groups is 2. The number of aliphatic hydroxyl groups is 1. The molecule has 43 heavy (non-hydrogen) atoms. The molecule has 2 amide bonds. The molecule has 0 unspecified atom stereocenters. The molecule has 4 aromatic rings. The number of nitrogens with zero attached hydrogens (tertiary/aromatic N) is 3. The molecule has 0 radical (unpaired) electrons. The number of carbonyl (C=O) groups excluding carboxylic acids is 2. The maximum absolute atomic E-state index is 15.2. The van der Waals surface area contributed by atoms with Gasteiger partial charge < -0.3 is 25.4 Å². The second kappa shape index (κ2) is 12.1. The average Bonchev–Trinajstić information content (AvgIpc) is 3.73. The fourth-order valence-electron chi connectivity index (χ4n) is 5.40. The number of likely N-dealkylation sites (tertiary alicyclic amines) is 1. The SMILES string of the molecule is O=C(Nc1ccc(F)cc1)C1(C(=O)Nc2ccc(Oc3ccnc4[nH]nc(CCN5CCC(CO)CC5)c34)c(F)c2)CC1. The van der Waals surface area contributed by atoms with Crippen LogP contribution in [-0.2, 0) is 16.0 Å². The Morgan fingerprint density at radius 1 is 1.00 bits per heavy atom. The summed E-state index contributed by atoms with van der Waals surface area (Å²) in [4.78, 5) is 32.5. The van der Waals surface area contributed by atoms with E-state index in [1.54, 1.807) is 12.3 Å². The highest BCUT2D eigenvalue weighted by Gasteiger charge is 2.56. The summed E-state index contributed by atoms with van der Waals surface area (Å²) in [5, 5.41) is 22.7. The quantitative estimate of drug-likeness (QED) is 0.198. The summed E-state index contributed by atoms with van der Waals surface area (Å²) in [6.45, 7) is 2.86. The van der Waals surface area contributed by atoms with Gasteiger partial charge in [0, 0.05) is 43.2 Å².